The molecule has 2 heterocycles. The lowest BCUT2D eigenvalue weighted by Crippen LogP contribution is -2.29. The van der Waals surface area contributed by atoms with Crippen LogP contribution in [0, 0.1) is 31.5 Å². The summed E-state index contributed by atoms with van der Waals surface area (Å²) in [5.41, 5.74) is 4.31. The van der Waals surface area contributed by atoms with Gasteiger partial charge in [-0.05, 0) is 66.6 Å². The first kappa shape index (κ1) is 18.0. The lowest BCUT2D eigenvalue weighted by atomic mass is 9.81. The second-order valence-electron chi connectivity index (χ2n) is 8.23. The summed E-state index contributed by atoms with van der Waals surface area (Å²) in [6, 6.07) is 8.52. The summed E-state index contributed by atoms with van der Waals surface area (Å²) in [4.78, 5) is 26.3. The van der Waals surface area contributed by atoms with E-state index in [1.165, 1.54) is 6.07 Å². The smallest absolute Gasteiger partial charge is 0.154 e. The van der Waals surface area contributed by atoms with E-state index in [1.54, 1.807) is 12.1 Å². The lowest BCUT2D eigenvalue weighted by molar-refractivity contribution is -0.127. The molecule has 3 nitrogen and oxygen atoms in total. The van der Waals surface area contributed by atoms with Crippen LogP contribution in [0.1, 0.15) is 35.4 Å². The summed E-state index contributed by atoms with van der Waals surface area (Å²) in [6.07, 6.45) is 1.58. The van der Waals surface area contributed by atoms with E-state index in [0.717, 1.165) is 40.7 Å². The number of aryl methyl sites for hydroxylation is 2. The van der Waals surface area contributed by atoms with E-state index in [2.05, 4.69) is 0 Å². The van der Waals surface area contributed by atoms with E-state index in [-0.39, 0.29) is 40.6 Å². The molecule has 1 unspecified atom stereocenters. The Morgan fingerprint density at radius 1 is 0.929 bits per heavy atom. The van der Waals surface area contributed by atoms with Gasteiger partial charge in [-0.1, -0.05) is 29.8 Å². The van der Waals surface area contributed by atoms with Crippen LogP contribution in [0.15, 0.2) is 30.3 Å². The van der Waals surface area contributed by atoms with Gasteiger partial charge in [-0.2, -0.15) is 0 Å². The monoisotopic (exact) mass is 398 g/mol. The minimum absolute atomic E-state index is 0.0194. The molecule has 2 aliphatic heterocycles. The number of Topliss-reactive ketones (excluding diaryl/α,β-unsaturated/α-hetero) is 2. The predicted molar refractivity (Wildman–Crippen MR) is 104 cm³/mol. The highest BCUT2D eigenvalue weighted by molar-refractivity contribution is 6.31. The van der Waals surface area contributed by atoms with Gasteiger partial charge in [-0.3, -0.25) is 9.59 Å². The van der Waals surface area contributed by atoms with Crippen molar-refractivity contribution in [3.8, 4) is 11.1 Å². The van der Waals surface area contributed by atoms with Crippen LogP contribution in [0.25, 0.3) is 11.1 Å². The van der Waals surface area contributed by atoms with Crippen LogP contribution >= 0.6 is 11.6 Å². The minimum Gasteiger partial charge on any atom is -0.373 e. The van der Waals surface area contributed by atoms with Crippen molar-refractivity contribution < 1.29 is 18.7 Å². The number of carbonyl (C=O) groups excluding carboxylic acids is 2. The summed E-state index contributed by atoms with van der Waals surface area (Å²) < 4.78 is 19.3. The number of benzene rings is 2. The van der Waals surface area contributed by atoms with Crippen molar-refractivity contribution in [2.45, 2.75) is 44.8 Å². The van der Waals surface area contributed by atoms with Crippen molar-refractivity contribution in [2.24, 2.45) is 11.8 Å². The number of carbonyl (C=O) groups is 2. The molecule has 1 aliphatic carbocycles. The molecule has 3 aliphatic rings. The molecule has 0 amide bonds. The molecule has 0 radical (unpaired) electrons. The second kappa shape index (κ2) is 6.23. The number of rotatable bonds is 2. The molecule has 2 saturated heterocycles. The Labute approximate surface area is 167 Å². The maximum absolute atomic E-state index is 13.5. The van der Waals surface area contributed by atoms with Gasteiger partial charge in [0, 0.05) is 0 Å². The number of ketones is 2. The molecule has 5 rings (SSSR count). The third kappa shape index (κ3) is 2.44. The van der Waals surface area contributed by atoms with Crippen LogP contribution in [0.4, 0.5) is 4.39 Å². The Balaban J connectivity index is 1.55. The quantitative estimate of drug-likeness (QED) is 0.683. The topological polar surface area (TPSA) is 43.4 Å². The largest absolute Gasteiger partial charge is 0.373 e. The van der Waals surface area contributed by atoms with Crippen LogP contribution in [-0.2, 0) is 14.3 Å². The maximum atomic E-state index is 13.5. The number of fused-ring (bicyclic) bond motifs is 5. The van der Waals surface area contributed by atoms with Crippen molar-refractivity contribution in [1.29, 1.82) is 0 Å². The molecule has 2 bridgehead atoms. The zero-order valence-electron chi connectivity index (χ0n) is 15.7. The molecule has 5 heteroatoms. The molecular weight excluding hydrogens is 379 g/mol. The highest BCUT2D eigenvalue weighted by Gasteiger charge is 2.63. The molecule has 5 atom stereocenters. The highest BCUT2D eigenvalue weighted by Crippen LogP contribution is 2.53. The van der Waals surface area contributed by atoms with E-state index < -0.39 is 11.7 Å². The standard InChI is InChI=1S/C23H20ClFO3/c1-10-7-13(12-3-4-15(25)14(24)9-12)8-11(2)18(10)21-22(26)19-16-5-6-17(28-16)20(19)23(21)27/h3-4,7-9,16-17,19-21H,5-6H2,1-2H3/t16-,17+,19-,20+,21?. The number of halogens is 2. The van der Waals surface area contributed by atoms with Crippen molar-refractivity contribution in [3.63, 3.8) is 0 Å². The van der Waals surface area contributed by atoms with Gasteiger partial charge in [-0.25, -0.2) is 4.39 Å². The first-order valence-electron chi connectivity index (χ1n) is 9.66. The van der Waals surface area contributed by atoms with E-state index >= 15 is 0 Å². The Hall–Kier alpha value is -2.04. The zero-order chi connectivity index (χ0) is 19.7. The Morgan fingerprint density at radius 2 is 1.50 bits per heavy atom. The molecular formula is C23H20ClFO3. The summed E-state index contributed by atoms with van der Waals surface area (Å²) in [5, 5.41) is 0.0707. The van der Waals surface area contributed by atoms with Gasteiger partial charge in [0.2, 0.25) is 0 Å². The number of hydrogen-bond acceptors (Lipinski definition) is 3. The molecule has 0 aromatic heterocycles. The predicted octanol–water partition coefficient (Wildman–Crippen LogP) is 4.79. The van der Waals surface area contributed by atoms with Gasteiger partial charge in [0.1, 0.15) is 11.7 Å². The number of ether oxygens (including phenoxy) is 1. The summed E-state index contributed by atoms with van der Waals surface area (Å²) in [5.74, 6) is -1.65. The fourth-order valence-electron chi connectivity index (χ4n) is 5.48. The third-order valence-electron chi connectivity index (χ3n) is 6.63. The molecule has 144 valence electrons. The van der Waals surface area contributed by atoms with Crippen molar-refractivity contribution in [1.82, 2.24) is 0 Å². The van der Waals surface area contributed by atoms with Gasteiger partial charge < -0.3 is 4.74 Å². The van der Waals surface area contributed by atoms with Crippen LogP contribution in [-0.4, -0.2) is 23.8 Å². The second-order valence-corrected chi connectivity index (χ2v) is 8.64. The van der Waals surface area contributed by atoms with Crippen molar-refractivity contribution in [2.75, 3.05) is 0 Å². The Bertz CT molecular complexity index is 979. The van der Waals surface area contributed by atoms with Crippen molar-refractivity contribution in [3.05, 3.63) is 57.9 Å². The van der Waals surface area contributed by atoms with Crippen molar-refractivity contribution >= 4 is 23.2 Å². The van der Waals surface area contributed by atoms with Crippen LogP contribution in [0.5, 0.6) is 0 Å². The molecule has 0 spiro atoms. The molecule has 3 fully saturated rings. The van der Waals surface area contributed by atoms with Gasteiger partial charge in [0.15, 0.2) is 11.6 Å². The molecule has 2 aromatic rings. The average Bonchev–Trinajstić information content (AvgIpc) is 3.33. The lowest BCUT2D eigenvalue weighted by Gasteiger charge is -2.19. The van der Waals surface area contributed by atoms with Gasteiger partial charge in [0.25, 0.3) is 0 Å². The summed E-state index contributed by atoms with van der Waals surface area (Å²) in [7, 11) is 0. The third-order valence-corrected chi connectivity index (χ3v) is 6.92. The molecule has 1 saturated carbocycles. The summed E-state index contributed by atoms with van der Waals surface area (Å²) in [6.45, 7) is 3.85. The van der Waals surface area contributed by atoms with Crippen LogP contribution < -0.4 is 0 Å². The highest BCUT2D eigenvalue weighted by atomic mass is 35.5. The summed E-state index contributed by atoms with van der Waals surface area (Å²) >= 11 is 5.93. The Morgan fingerprint density at radius 3 is 2.04 bits per heavy atom. The number of hydrogen-bond donors (Lipinski definition) is 0. The normalized spacial score (nSPS) is 30.9. The van der Waals surface area contributed by atoms with E-state index in [0.29, 0.717) is 0 Å². The molecule has 0 N–H and O–H groups in total. The van der Waals surface area contributed by atoms with E-state index in [4.69, 9.17) is 16.3 Å². The Kier molecular flexibility index (Phi) is 4.01. The first-order valence-corrected chi connectivity index (χ1v) is 10.0. The zero-order valence-corrected chi connectivity index (χ0v) is 16.4. The molecule has 2 aromatic carbocycles. The fraction of sp³-hybridized carbons (Fsp3) is 0.391. The SMILES string of the molecule is Cc1cc(-c2ccc(F)c(Cl)c2)cc(C)c1C1C(=O)[C@@H]2[C@H](C1=O)[C@H]1CC[C@@H]2O1. The minimum atomic E-state index is -0.687. The van der Waals surface area contributed by atoms with Gasteiger partial charge >= 0.3 is 0 Å². The van der Waals surface area contributed by atoms with Crippen LogP contribution in [0.3, 0.4) is 0 Å². The average molecular weight is 399 g/mol. The van der Waals surface area contributed by atoms with Gasteiger partial charge in [-0.15, -0.1) is 0 Å². The first-order chi connectivity index (χ1) is 13.4. The van der Waals surface area contributed by atoms with Gasteiger partial charge in [0.05, 0.1) is 29.1 Å². The molecule has 28 heavy (non-hydrogen) atoms. The maximum Gasteiger partial charge on any atom is 0.154 e. The fourth-order valence-corrected chi connectivity index (χ4v) is 5.66. The van der Waals surface area contributed by atoms with E-state index in [1.807, 2.05) is 26.0 Å². The van der Waals surface area contributed by atoms with Crippen LogP contribution in [0.2, 0.25) is 5.02 Å². The van der Waals surface area contributed by atoms with E-state index in [9.17, 15) is 14.0 Å².